The molecule has 0 saturated heterocycles. The van der Waals surface area contributed by atoms with E-state index < -0.39 is 0 Å². The third-order valence-electron chi connectivity index (χ3n) is 1.88. The molecule has 0 aliphatic carbocycles. The average molecular weight is 198 g/mol. The molecular formula is C10H18N2S. The van der Waals surface area contributed by atoms with Crippen molar-refractivity contribution in [1.29, 1.82) is 0 Å². The molecule has 1 aromatic rings. The Morgan fingerprint density at radius 1 is 1.46 bits per heavy atom. The van der Waals surface area contributed by atoms with Gasteiger partial charge in [-0.3, -0.25) is 0 Å². The van der Waals surface area contributed by atoms with Crippen molar-refractivity contribution < 1.29 is 0 Å². The second kappa shape index (κ2) is 6.13. The van der Waals surface area contributed by atoms with Crippen molar-refractivity contribution in [1.82, 2.24) is 5.32 Å². The topological polar surface area (TPSA) is 38.0 Å². The normalized spacial score (nSPS) is 10.6. The first-order valence-corrected chi connectivity index (χ1v) is 5.65. The van der Waals surface area contributed by atoms with E-state index in [2.05, 4.69) is 23.7 Å². The number of hydrogen-bond donors (Lipinski definition) is 2. The van der Waals surface area contributed by atoms with Crippen LogP contribution in [0.2, 0.25) is 0 Å². The van der Waals surface area contributed by atoms with E-state index in [-0.39, 0.29) is 0 Å². The van der Waals surface area contributed by atoms with E-state index in [1.165, 1.54) is 23.3 Å². The first kappa shape index (κ1) is 10.7. The fourth-order valence-electron chi connectivity index (χ4n) is 1.24. The largest absolute Gasteiger partial charge is 0.329 e. The number of nitrogens with two attached hydrogens (primary N) is 1. The van der Waals surface area contributed by atoms with Crippen LogP contribution in [0.4, 0.5) is 0 Å². The predicted octanol–water partition coefficient (Wildman–Crippen LogP) is 1.54. The molecule has 13 heavy (non-hydrogen) atoms. The zero-order chi connectivity index (χ0) is 9.52. The van der Waals surface area contributed by atoms with Crippen LogP contribution in [-0.2, 0) is 6.42 Å². The van der Waals surface area contributed by atoms with Crippen molar-refractivity contribution in [3.05, 3.63) is 21.9 Å². The fourth-order valence-corrected chi connectivity index (χ4v) is 2.16. The SMILES string of the molecule is Cc1csc(CCCNCCN)c1. The number of aryl methyl sites for hydroxylation is 2. The Morgan fingerprint density at radius 2 is 2.31 bits per heavy atom. The molecule has 0 aliphatic heterocycles. The van der Waals surface area contributed by atoms with E-state index in [9.17, 15) is 0 Å². The molecule has 0 bridgehead atoms. The van der Waals surface area contributed by atoms with Gasteiger partial charge in [-0.15, -0.1) is 11.3 Å². The molecule has 2 nitrogen and oxygen atoms in total. The molecule has 0 radical (unpaired) electrons. The highest BCUT2D eigenvalue weighted by atomic mass is 32.1. The third kappa shape index (κ3) is 4.41. The van der Waals surface area contributed by atoms with E-state index in [4.69, 9.17) is 5.73 Å². The average Bonchev–Trinajstić information content (AvgIpc) is 2.51. The van der Waals surface area contributed by atoms with Gasteiger partial charge in [-0.1, -0.05) is 0 Å². The van der Waals surface area contributed by atoms with Gasteiger partial charge in [0.25, 0.3) is 0 Å². The van der Waals surface area contributed by atoms with Gasteiger partial charge in [-0.05, 0) is 43.3 Å². The molecule has 0 atom stereocenters. The second-order valence-corrected chi connectivity index (χ2v) is 4.23. The highest BCUT2D eigenvalue weighted by Crippen LogP contribution is 2.14. The van der Waals surface area contributed by atoms with Crippen molar-refractivity contribution in [3.63, 3.8) is 0 Å². The predicted molar refractivity (Wildman–Crippen MR) is 59.3 cm³/mol. The van der Waals surface area contributed by atoms with Gasteiger partial charge >= 0.3 is 0 Å². The molecule has 0 aliphatic rings. The lowest BCUT2D eigenvalue weighted by atomic mass is 10.2. The van der Waals surface area contributed by atoms with Gasteiger partial charge in [0, 0.05) is 18.0 Å². The summed E-state index contributed by atoms with van der Waals surface area (Å²) in [4.78, 5) is 1.49. The maximum Gasteiger partial charge on any atom is 0.00745 e. The Balaban J connectivity index is 2.06. The van der Waals surface area contributed by atoms with E-state index in [1.54, 1.807) is 0 Å². The summed E-state index contributed by atoms with van der Waals surface area (Å²) in [6.45, 7) is 4.89. The third-order valence-corrected chi connectivity index (χ3v) is 3.00. The summed E-state index contributed by atoms with van der Waals surface area (Å²) in [5, 5.41) is 5.50. The molecule has 0 fully saturated rings. The van der Waals surface area contributed by atoms with Crippen LogP contribution in [0, 0.1) is 6.92 Å². The molecule has 1 aromatic heterocycles. The summed E-state index contributed by atoms with van der Waals surface area (Å²) in [5.41, 5.74) is 6.75. The lowest BCUT2D eigenvalue weighted by molar-refractivity contribution is 0.655. The molecule has 0 unspecified atom stereocenters. The molecule has 3 heteroatoms. The zero-order valence-electron chi connectivity index (χ0n) is 8.18. The van der Waals surface area contributed by atoms with Crippen molar-refractivity contribution in [3.8, 4) is 0 Å². The Morgan fingerprint density at radius 3 is 2.92 bits per heavy atom. The van der Waals surface area contributed by atoms with Gasteiger partial charge in [0.1, 0.15) is 0 Å². The number of thiophene rings is 1. The Kier molecular flexibility index (Phi) is 5.05. The van der Waals surface area contributed by atoms with Gasteiger partial charge in [-0.2, -0.15) is 0 Å². The highest BCUT2D eigenvalue weighted by molar-refractivity contribution is 7.10. The van der Waals surface area contributed by atoms with Crippen LogP contribution in [-0.4, -0.2) is 19.6 Å². The van der Waals surface area contributed by atoms with Crippen LogP contribution in [0.1, 0.15) is 16.9 Å². The smallest absolute Gasteiger partial charge is 0.00745 e. The number of hydrogen-bond acceptors (Lipinski definition) is 3. The molecule has 1 rings (SSSR count). The maximum absolute atomic E-state index is 5.36. The molecule has 0 amide bonds. The van der Waals surface area contributed by atoms with Gasteiger partial charge in [0.15, 0.2) is 0 Å². The summed E-state index contributed by atoms with van der Waals surface area (Å²) < 4.78 is 0. The van der Waals surface area contributed by atoms with Crippen molar-refractivity contribution >= 4 is 11.3 Å². The Hall–Kier alpha value is -0.380. The minimum atomic E-state index is 0.734. The summed E-state index contributed by atoms with van der Waals surface area (Å²) in [6.07, 6.45) is 2.40. The first-order chi connectivity index (χ1) is 6.33. The minimum absolute atomic E-state index is 0.734. The van der Waals surface area contributed by atoms with Crippen LogP contribution in [0.5, 0.6) is 0 Å². The number of rotatable bonds is 6. The monoisotopic (exact) mass is 198 g/mol. The maximum atomic E-state index is 5.36. The van der Waals surface area contributed by atoms with Crippen LogP contribution < -0.4 is 11.1 Å². The first-order valence-electron chi connectivity index (χ1n) is 4.77. The van der Waals surface area contributed by atoms with Crippen LogP contribution in [0.15, 0.2) is 11.4 Å². The quantitative estimate of drug-likeness (QED) is 0.680. The van der Waals surface area contributed by atoms with E-state index >= 15 is 0 Å². The Bertz CT molecular complexity index is 233. The van der Waals surface area contributed by atoms with Crippen molar-refractivity contribution in [2.75, 3.05) is 19.6 Å². The summed E-state index contributed by atoms with van der Waals surface area (Å²) in [7, 11) is 0. The van der Waals surface area contributed by atoms with Gasteiger partial charge in [0.2, 0.25) is 0 Å². The lowest BCUT2D eigenvalue weighted by Gasteiger charge is -2.00. The van der Waals surface area contributed by atoms with E-state index in [0.29, 0.717) is 0 Å². The molecule has 0 saturated carbocycles. The standard InChI is InChI=1S/C10H18N2S/c1-9-7-10(13-8-9)3-2-5-12-6-4-11/h7-8,12H,2-6,11H2,1H3. The van der Waals surface area contributed by atoms with Crippen LogP contribution in [0.25, 0.3) is 0 Å². The van der Waals surface area contributed by atoms with Gasteiger partial charge < -0.3 is 11.1 Å². The molecule has 1 heterocycles. The second-order valence-electron chi connectivity index (χ2n) is 3.23. The van der Waals surface area contributed by atoms with E-state index in [0.717, 1.165) is 19.6 Å². The van der Waals surface area contributed by atoms with Gasteiger partial charge in [0.05, 0.1) is 0 Å². The molecule has 0 spiro atoms. The Labute approximate surface area is 84.2 Å². The molecule has 3 N–H and O–H groups in total. The summed E-state index contributed by atoms with van der Waals surface area (Å²) >= 11 is 1.86. The van der Waals surface area contributed by atoms with Crippen LogP contribution >= 0.6 is 11.3 Å². The van der Waals surface area contributed by atoms with E-state index in [1.807, 2.05) is 11.3 Å². The highest BCUT2D eigenvalue weighted by Gasteiger charge is 1.95. The van der Waals surface area contributed by atoms with Crippen molar-refractivity contribution in [2.45, 2.75) is 19.8 Å². The summed E-state index contributed by atoms with van der Waals surface area (Å²) in [6, 6.07) is 2.27. The minimum Gasteiger partial charge on any atom is -0.329 e. The van der Waals surface area contributed by atoms with Crippen LogP contribution in [0.3, 0.4) is 0 Å². The fraction of sp³-hybridized carbons (Fsp3) is 0.600. The molecule has 74 valence electrons. The number of nitrogens with one attached hydrogen (secondary N) is 1. The molecular weight excluding hydrogens is 180 g/mol. The van der Waals surface area contributed by atoms with Crippen molar-refractivity contribution in [2.24, 2.45) is 5.73 Å². The lowest BCUT2D eigenvalue weighted by Crippen LogP contribution is -2.23. The summed E-state index contributed by atoms with van der Waals surface area (Å²) in [5.74, 6) is 0. The van der Waals surface area contributed by atoms with Gasteiger partial charge in [-0.25, -0.2) is 0 Å². The zero-order valence-corrected chi connectivity index (χ0v) is 8.99. The molecule has 0 aromatic carbocycles.